The number of rotatable bonds is 5. The van der Waals surface area contributed by atoms with Gasteiger partial charge in [0.05, 0.1) is 10.6 Å². The van der Waals surface area contributed by atoms with Gasteiger partial charge in [-0.15, -0.1) is 11.3 Å². The Morgan fingerprint density at radius 2 is 2.22 bits per heavy atom. The minimum Gasteiger partial charge on any atom is -0.365 e. The Balaban J connectivity index is 1.94. The number of amides is 1. The number of nitrogens with zero attached hydrogens (tertiary/aromatic N) is 3. The fourth-order valence-corrected chi connectivity index (χ4v) is 2.55. The van der Waals surface area contributed by atoms with Crippen LogP contribution in [0, 0.1) is 0 Å². The highest BCUT2D eigenvalue weighted by molar-refractivity contribution is 7.14. The lowest BCUT2D eigenvalue weighted by atomic mass is 10.3. The van der Waals surface area contributed by atoms with Gasteiger partial charge in [0.2, 0.25) is 0 Å². The van der Waals surface area contributed by atoms with Crippen LogP contribution in [0.25, 0.3) is 0 Å². The summed E-state index contributed by atoms with van der Waals surface area (Å²) in [5, 5.41) is 0. The third kappa shape index (κ3) is 3.35. The lowest BCUT2D eigenvalue weighted by Crippen LogP contribution is -2.17. The lowest BCUT2D eigenvalue weighted by molar-refractivity contribution is 0.100. The molecule has 0 saturated carbocycles. The third-order valence-corrected chi connectivity index (χ3v) is 3.46. The van der Waals surface area contributed by atoms with Crippen molar-refractivity contribution in [3.63, 3.8) is 0 Å². The Hall–Kier alpha value is -1.79. The van der Waals surface area contributed by atoms with E-state index in [4.69, 9.17) is 5.73 Å². The van der Waals surface area contributed by atoms with Crippen LogP contribution >= 0.6 is 11.3 Å². The van der Waals surface area contributed by atoms with Crippen LogP contribution in [0.15, 0.2) is 30.7 Å². The maximum Gasteiger partial charge on any atom is 0.258 e. The van der Waals surface area contributed by atoms with Crippen LogP contribution in [-0.2, 0) is 13.1 Å². The normalized spacial score (nSPS) is 10.8. The monoisotopic (exact) mass is 262 g/mol. The minimum absolute atomic E-state index is 0.372. The fourth-order valence-electron chi connectivity index (χ4n) is 1.61. The molecule has 94 valence electrons. The van der Waals surface area contributed by atoms with Gasteiger partial charge in [0.25, 0.3) is 5.91 Å². The molecular weight excluding hydrogens is 248 g/mol. The van der Waals surface area contributed by atoms with Crippen molar-refractivity contribution >= 4 is 17.2 Å². The predicted octanol–water partition coefficient (Wildman–Crippen LogP) is 1.27. The van der Waals surface area contributed by atoms with Gasteiger partial charge in [0.1, 0.15) is 0 Å². The van der Waals surface area contributed by atoms with Gasteiger partial charge >= 0.3 is 0 Å². The molecule has 0 radical (unpaired) electrons. The van der Waals surface area contributed by atoms with Gasteiger partial charge in [0.15, 0.2) is 0 Å². The summed E-state index contributed by atoms with van der Waals surface area (Å²) in [6.07, 6.45) is 5.08. The molecule has 0 bridgehead atoms. The lowest BCUT2D eigenvalue weighted by Gasteiger charge is -2.14. The van der Waals surface area contributed by atoms with Crippen molar-refractivity contribution in [3.8, 4) is 0 Å². The van der Waals surface area contributed by atoms with Gasteiger partial charge in [-0.2, -0.15) is 0 Å². The summed E-state index contributed by atoms with van der Waals surface area (Å²) in [6, 6.07) is 3.69. The van der Waals surface area contributed by atoms with Crippen molar-refractivity contribution in [2.24, 2.45) is 5.73 Å². The summed E-state index contributed by atoms with van der Waals surface area (Å²) < 4.78 is 0. The number of nitrogens with two attached hydrogens (primary N) is 1. The first-order valence-corrected chi connectivity index (χ1v) is 6.29. The Labute approximate surface area is 109 Å². The van der Waals surface area contributed by atoms with Crippen LogP contribution in [0.5, 0.6) is 0 Å². The van der Waals surface area contributed by atoms with E-state index < -0.39 is 0 Å². The smallest absolute Gasteiger partial charge is 0.258 e. The first kappa shape index (κ1) is 12.7. The van der Waals surface area contributed by atoms with Crippen LogP contribution in [0.4, 0.5) is 0 Å². The van der Waals surface area contributed by atoms with E-state index in [1.807, 2.05) is 13.1 Å². The molecule has 2 N–H and O–H groups in total. The van der Waals surface area contributed by atoms with Crippen LogP contribution in [0.2, 0.25) is 0 Å². The number of aromatic nitrogens is 2. The second kappa shape index (κ2) is 5.70. The van der Waals surface area contributed by atoms with Gasteiger partial charge in [-0.1, -0.05) is 0 Å². The Kier molecular flexibility index (Phi) is 4.01. The molecule has 1 amide bonds. The van der Waals surface area contributed by atoms with Crippen molar-refractivity contribution in [2.75, 3.05) is 7.05 Å². The number of thiophene rings is 1. The SMILES string of the molecule is CN(Cc1cnccn1)Cc1ccc(C(N)=O)s1. The van der Waals surface area contributed by atoms with Crippen LogP contribution in [-0.4, -0.2) is 27.8 Å². The molecule has 6 heteroatoms. The molecule has 0 spiro atoms. The number of hydrogen-bond donors (Lipinski definition) is 1. The highest BCUT2D eigenvalue weighted by atomic mass is 32.1. The number of primary amides is 1. The molecule has 0 saturated heterocycles. The summed E-state index contributed by atoms with van der Waals surface area (Å²) in [4.78, 5) is 23.0. The fraction of sp³-hybridized carbons (Fsp3) is 0.250. The molecule has 0 aliphatic carbocycles. The highest BCUT2D eigenvalue weighted by Gasteiger charge is 2.08. The molecule has 0 fully saturated rings. The molecular formula is C12H14N4OS. The van der Waals surface area contributed by atoms with E-state index in [2.05, 4.69) is 14.9 Å². The van der Waals surface area contributed by atoms with Crippen molar-refractivity contribution in [3.05, 3.63) is 46.2 Å². The molecule has 0 atom stereocenters. The van der Waals surface area contributed by atoms with E-state index in [0.717, 1.165) is 23.7 Å². The second-order valence-electron chi connectivity index (χ2n) is 4.00. The van der Waals surface area contributed by atoms with Gasteiger partial charge < -0.3 is 5.73 Å². The summed E-state index contributed by atoms with van der Waals surface area (Å²) >= 11 is 1.43. The summed E-state index contributed by atoms with van der Waals surface area (Å²) in [5.74, 6) is -0.372. The first-order chi connectivity index (χ1) is 8.65. The quantitative estimate of drug-likeness (QED) is 0.880. The highest BCUT2D eigenvalue weighted by Crippen LogP contribution is 2.17. The summed E-state index contributed by atoms with van der Waals surface area (Å²) in [6.45, 7) is 1.48. The zero-order chi connectivity index (χ0) is 13.0. The van der Waals surface area contributed by atoms with Crippen molar-refractivity contribution < 1.29 is 4.79 Å². The standard InChI is InChI=1S/C12H14N4OS/c1-16(7-9-6-14-4-5-15-9)8-10-2-3-11(18-10)12(13)17/h2-6H,7-8H2,1H3,(H2,13,17). The van der Waals surface area contributed by atoms with Gasteiger partial charge in [-0.3, -0.25) is 19.7 Å². The second-order valence-corrected chi connectivity index (χ2v) is 5.17. The molecule has 0 aromatic carbocycles. The zero-order valence-electron chi connectivity index (χ0n) is 10.0. The summed E-state index contributed by atoms with van der Waals surface area (Å²) in [5.41, 5.74) is 6.14. The van der Waals surface area contributed by atoms with Crippen molar-refractivity contribution in [1.82, 2.24) is 14.9 Å². The predicted molar refractivity (Wildman–Crippen MR) is 70.0 cm³/mol. The largest absolute Gasteiger partial charge is 0.365 e. The molecule has 2 aromatic heterocycles. The minimum atomic E-state index is -0.372. The van der Waals surface area contributed by atoms with Crippen molar-refractivity contribution in [2.45, 2.75) is 13.1 Å². The Bertz CT molecular complexity index is 526. The van der Waals surface area contributed by atoms with E-state index in [1.54, 1.807) is 24.7 Å². The van der Waals surface area contributed by atoms with Gasteiger partial charge in [-0.05, 0) is 19.2 Å². The molecule has 18 heavy (non-hydrogen) atoms. The van der Waals surface area contributed by atoms with E-state index in [0.29, 0.717) is 4.88 Å². The van der Waals surface area contributed by atoms with E-state index in [-0.39, 0.29) is 5.91 Å². The van der Waals surface area contributed by atoms with Gasteiger partial charge in [-0.25, -0.2) is 0 Å². The molecule has 2 aromatic rings. The Morgan fingerprint density at radius 1 is 1.39 bits per heavy atom. The summed E-state index contributed by atoms with van der Waals surface area (Å²) in [7, 11) is 2.00. The number of carbonyl (C=O) groups excluding carboxylic acids is 1. The molecule has 0 aliphatic heterocycles. The topological polar surface area (TPSA) is 72.1 Å². The van der Waals surface area contributed by atoms with Crippen LogP contribution in [0.1, 0.15) is 20.2 Å². The van der Waals surface area contributed by atoms with Crippen molar-refractivity contribution in [1.29, 1.82) is 0 Å². The molecule has 5 nitrogen and oxygen atoms in total. The first-order valence-electron chi connectivity index (χ1n) is 5.47. The number of hydrogen-bond acceptors (Lipinski definition) is 5. The van der Waals surface area contributed by atoms with Crippen LogP contribution in [0.3, 0.4) is 0 Å². The van der Waals surface area contributed by atoms with E-state index in [1.165, 1.54) is 11.3 Å². The number of carbonyl (C=O) groups is 1. The average molecular weight is 262 g/mol. The average Bonchev–Trinajstić information content (AvgIpc) is 2.78. The van der Waals surface area contributed by atoms with E-state index in [9.17, 15) is 4.79 Å². The molecule has 0 unspecified atom stereocenters. The molecule has 2 heterocycles. The van der Waals surface area contributed by atoms with Crippen LogP contribution < -0.4 is 5.73 Å². The molecule has 2 rings (SSSR count). The van der Waals surface area contributed by atoms with E-state index >= 15 is 0 Å². The maximum atomic E-state index is 11.0. The van der Waals surface area contributed by atoms with Gasteiger partial charge in [0, 0.05) is 36.6 Å². The Morgan fingerprint density at radius 3 is 2.83 bits per heavy atom. The zero-order valence-corrected chi connectivity index (χ0v) is 10.9. The third-order valence-electron chi connectivity index (χ3n) is 2.38. The maximum absolute atomic E-state index is 11.0. The molecule has 0 aliphatic rings.